The minimum absolute atomic E-state index is 0.111. The highest BCUT2D eigenvalue weighted by Crippen LogP contribution is 2.19. The van der Waals surface area contributed by atoms with E-state index in [1.807, 2.05) is 43.0 Å². The van der Waals surface area contributed by atoms with E-state index in [-0.39, 0.29) is 12.0 Å². The molecule has 0 aromatic heterocycles. The smallest absolute Gasteiger partial charge is 0.263 e. The van der Waals surface area contributed by atoms with Crippen molar-refractivity contribution in [2.24, 2.45) is 0 Å². The Morgan fingerprint density at radius 3 is 2.90 bits per heavy atom. The van der Waals surface area contributed by atoms with Gasteiger partial charge >= 0.3 is 0 Å². The van der Waals surface area contributed by atoms with Gasteiger partial charge in [-0.25, -0.2) is 0 Å². The Kier molecular flexibility index (Phi) is 5.41. The minimum Gasteiger partial charge on any atom is -0.480 e. The summed E-state index contributed by atoms with van der Waals surface area (Å²) in [5, 5.41) is 3.31. The highest BCUT2D eigenvalue weighted by molar-refractivity contribution is 5.81. The van der Waals surface area contributed by atoms with Crippen LogP contribution in [0.4, 0.5) is 0 Å². The molecule has 0 bridgehead atoms. The van der Waals surface area contributed by atoms with Crippen molar-refractivity contribution in [3.8, 4) is 5.75 Å². The lowest BCUT2D eigenvalue weighted by atomic mass is 10.2. The molecule has 2 rings (SSSR count). The molecule has 0 aliphatic carbocycles. The van der Waals surface area contributed by atoms with E-state index in [1.165, 1.54) is 0 Å². The Balaban J connectivity index is 2.03. The van der Waals surface area contributed by atoms with E-state index in [1.54, 1.807) is 0 Å². The van der Waals surface area contributed by atoms with Gasteiger partial charge in [0.2, 0.25) is 0 Å². The summed E-state index contributed by atoms with van der Waals surface area (Å²) < 4.78 is 5.94. The zero-order chi connectivity index (χ0) is 14.4. The molecule has 1 N–H and O–H groups in total. The van der Waals surface area contributed by atoms with E-state index in [9.17, 15) is 4.79 Å². The molecule has 1 aromatic carbocycles. The number of aryl methyl sites for hydroxylation is 1. The summed E-state index contributed by atoms with van der Waals surface area (Å²) in [7, 11) is 0. The number of amides is 1. The van der Waals surface area contributed by atoms with Crippen molar-refractivity contribution in [2.45, 2.75) is 32.8 Å². The maximum atomic E-state index is 12.6. The van der Waals surface area contributed by atoms with Gasteiger partial charge in [0.1, 0.15) is 5.75 Å². The first kappa shape index (κ1) is 14.9. The second kappa shape index (κ2) is 7.29. The Morgan fingerprint density at radius 1 is 1.35 bits per heavy atom. The van der Waals surface area contributed by atoms with Crippen molar-refractivity contribution in [2.75, 3.05) is 26.2 Å². The summed E-state index contributed by atoms with van der Waals surface area (Å²) in [6.45, 7) is 7.44. The lowest BCUT2D eigenvalue weighted by Crippen LogP contribution is -2.43. The van der Waals surface area contributed by atoms with Gasteiger partial charge in [0.05, 0.1) is 0 Å². The standard InChI is InChI=1S/C16H24N2O2/c1-3-14(20-15-8-5-4-7-13(15)2)16(19)18-11-6-9-17-10-12-18/h4-5,7-8,14,17H,3,6,9-12H2,1-2H3. The third-order valence-corrected chi connectivity index (χ3v) is 3.66. The number of carbonyl (C=O) groups excluding carboxylic acids is 1. The number of ether oxygens (including phenoxy) is 1. The topological polar surface area (TPSA) is 41.6 Å². The number of carbonyl (C=O) groups is 1. The highest BCUT2D eigenvalue weighted by atomic mass is 16.5. The molecule has 1 saturated heterocycles. The van der Waals surface area contributed by atoms with Crippen LogP contribution in [-0.2, 0) is 4.79 Å². The van der Waals surface area contributed by atoms with Crippen molar-refractivity contribution < 1.29 is 9.53 Å². The number of nitrogens with one attached hydrogen (secondary N) is 1. The normalized spacial score (nSPS) is 17.4. The molecule has 20 heavy (non-hydrogen) atoms. The highest BCUT2D eigenvalue weighted by Gasteiger charge is 2.25. The average molecular weight is 276 g/mol. The first-order valence-corrected chi connectivity index (χ1v) is 7.44. The van der Waals surface area contributed by atoms with E-state index < -0.39 is 0 Å². The van der Waals surface area contributed by atoms with Crippen LogP contribution in [0.2, 0.25) is 0 Å². The van der Waals surface area contributed by atoms with Gasteiger partial charge < -0.3 is 15.0 Å². The lowest BCUT2D eigenvalue weighted by Gasteiger charge is -2.26. The summed E-state index contributed by atoms with van der Waals surface area (Å²) >= 11 is 0. The Morgan fingerprint density at radius 2 is 2.15 bits per heavy atom. The molecule has 1 amide bonds. The summed E-state index contributed by atoms with van der Waals surface area (Å²) in [5.74, 6) is 0.917. The van der Waals surface area contributed by atoms with Gasteiger partial charge in [0, 0.05) is 19.6 Å². The van der Waals surface area contributed by atoms with Crippen LogP contribution in [-0.4, -0.2) is 43.1 Å². The first-order chi connectivity index (χ1) is 9.72. The van der Waals surface area contributed by atoms with Crippen molar-refractivity contribution in [3.63, 3.8) is 0 Å². The summed E-state index contributed by atoms with van der Waals surface area (Å²) in [6, 6.07) is 7.85. The molecule has 1 aliphatic heterocycles. The Labute approximate surface area is 121 Å². The van der Waals surface area contributed by atoms with Crippen molar-refractivity contribution >= 4 is 5.91 Å². The molecule has 1 heterocycles. The fourth-order valence-electron chi connectivity index (χ4n) is 2.42. The maximum absolute atomic E-state index is 12.6. The van der Waals surface area contributed by atoms with Crippen LogP contribution in [0.15, 0.2) is 24.3 Å². The second-order valence-corrected chi connectivity index (χ2v) is 5.21. The average Bonchev–Trinajstić information content (AvgIpc) is 2.75. The molecule has 110 valence electrons. The third-order valence-electron chi connectivity index (χ3n) is 3.66. The molecule has 0 spiro atoms. The number of hydrogen-bond donors (Lipinski definition) is 1. The second-order valence-electron chi connectivity index (χ2n) is 5.21. The molecule has 1 unspecified atom stereocenters. The van der Waals surface area contributed by atoms with Gasteiger partial charge in [-0.15, -0.1) is 0 Å². The van der Waals surface area contributed by atoms with Crippen LogP contribution in [0.5, 0.6) is 5.75 Å². The Bertz CT molecular complexity index is 440. The molecule has 1 aromatic rings. The quantitative estimate of drug-likeness (QED) is 0.914. The minimum atomic E-state index is -0.380. The molecular weight excluding hydrogens is 252 g/mol. The summed E-state index contributed by atoms with van der Waals surface area (Å²) in [6.07, 6.45) is 1.32. The van der Waals surface area contributed by atoms with Gasteiger partial charge in [-0.1, -0.05) is 25.1 Å². The lowest BCUT2D eigenvalue weighted by molar-refractivity contribution is -0.138. The van der Waals surface area contributed by atoms with Crippen LogP contribution < -0.4 is 10.1 Å². The molecule has 1 atom stereocenters. The molecule has 4 nitrogen and oxygen atoms in total. The van der Waals surface area contributed by atoms with Crippen LogP contribution in [0.1, 0.15) is 25.3 Å². The molecule has 1 fully saturated rings. The predicted molar refractivity (Wildman–Crippen MR) is 80.0 cm³/mol. The van der Waals surface area contributed by atoms with Crippen LogP contribution in [0.25, 0.3) is 0 Å². The zero-order valence-corrected chi connectivity index (χ0v) is 12.4. The van der Waals surface area contributed by atoms with E-state index >= 15 is 0 Å². The van der Waals surface area contributed by atoms with Crippen LogP contribution in [0, 0.1) is 6.92 Å². The molecule has 4 heteroatoms. The zero-order valence-electron chi connectivity index (χ0n) is 12.4. The van der Waals surface area contributed by atoms with E-state index in [2.05, 4.69) is 5.32 Å². The molecule has 1 aliphatic rings. The maximum Gasteiger partial charge on any atom is 0.263 e. The fraction of sp³-hybridized carbons (Fsp3) is 0.562. The largest absolute Gasteiger partial charge is 0.480 e. The SMILES string of the molecule is CCC(Oc1ccccc1C)C(=O)N1CCCNCC1. The van der Waals surface area contributed by atoms with E-state index in [4.69, 9.17) is 4.74 Å². The van der Waals surface area contributed by atoms with E-state index in [0.29, 0.717) is 6.42 Å². The van der Waals surface area contributed by atoms with Gasteiger partial charge in [0.25, 0.3) is 5.91 Å². The monoisotopic (exact) mass is 276 g/mol. The number of nitrogens with zero attached hydrogens (tertiary/aromatic N) is 1. The van der Waals surface area contributed by atoms with Crippen molar-refractivity contribution in [1.82, 2.24) is 10.2 Å². The molecular formula is C16H24N2O2. The number of hydrogen-bond acceptors (Lipinski definition) is 3. The van der Waals surface area contributed by atoms with Crippen molar-refractivity contribution in [1.29, 1.82) is 0 Å². The van der Waals surface area contributed by atoms with Crippen molar-refractivity contribution in [3.05, 3.63) is 29.8 Å². The van der Waals surface area contributed by atoms with Gasteiger partial charge in [-0.3, -0.25) is 4.79 Å². The third kappa shape index (κ3) is 3.73. The molecule has 0 saturated carbocycles. The first-order valence-electron chi connectivity index (χ1n) is 7.44. The fourth-order valence-corrected chi connectivity index (χ4v) is 2.42. The Hall–Kier alpha value is -1.55. The van der Waals surface area contributed by atoms with Gasteiger partial charge in [-0.05, 0) is 37.9 Å². The molecule has 0 radical (unpaired) electrons. The van der Waals surface area contributed by atoms with Gasteiger partial charge in [0.15, 0.2) is 6.10 Å². The number of rotatable bonds is 4. The van der Waals surface area contributed by atoms with Gasteiger partial charge in [-0.2, -0.15) is 0 Å². The van der Waals surface area contributed by atoms with Crippen LogP contribution >= 0.6 is 0 Å². The van der Waals surface area contributed by atoms with E-state index in [0.717, 1.165) is 43.9 Å². The van der Waals surface area contributed by atoms with Crippen LogP contribution in [0.3, 0.4) is 0 Å². The summed E-state index contributed by atoms with van der Waals surface area (Å²) in [5.41, 5.74) is 1.07. The number of benzene rings is 1. The predicted octanol–water partition coefficient (Wildman–Crippen LogP) is 1.97. The number of para-hydroxylation sites is 1. The summed E-state index contributed by atoms with van der Waals surface area (Å²) in [4.78, 5) is 14.5.